The highest BCUT2D eigenvalue weighted by Gasteiger charge is 2.22. The zero-order chi connectivity index (χ0) is 14.1. The Morgan fingerprint density at radius 3 is 3.10 bits per heavy atom. The van der Waals surface area contributed by atoms with Crippen molar-refractivity contribution in [1.29, 1.82) is 0 Å². The molecule has 0 spiro atoms. The second-order valence-corrected chi connectivity index (χ2v) is 5.99. The first-order chi connectivity index (χ1) is 9.69. The fraction of sp³-hybridized carbons (Fsp3) is 0.643. The predicted octanol–water partition coefficient (Wildman–Crippen LogP) is 3.47. The predicted molar refractivity (Wildman–Crippen MR) is 80.2 cm³/mol. The highest BCUT2D eigenvalue weighted by Crippen LogP contribution is 2.30. The van der Waals surface area contributed by atoms with Crippen LogP contribution in [0.3, 0.4) is 0 Å². The summed E-state index contributed by atoms with van der Waals surface area (Å²) in [7, 11) is 0. The van der Waals surface area contributed by atoms with Gasteiger partial charge in [-0.25, -0.2) is 0 Å². The Bertz CT molecular complexity index is 609. The third-order valence-electron chi connectivity index (χ3n) is 4.31. The van der Waals surface area contributed by atoms with Crippen molar-refractivity contribution in [2.75, 3.05) is 5.32 Å². The topological polar surface area (TPSA) is 55.1 Å². The molecule has 20 heavy (non-hydrogen) atoms. The second kappa shape index (κ2) is 5.56. The minimum atomic E-state index is 0.485. The third kappa shape index (κ3) is 2.46. The minimum Gasteiger partial charge on any atom is -0.367 e. The number of hydrogen-bond donors (Lipinski definition) is 1. The van der Waals surface area contributed by atoms with Crippen molar-refractivity contribution in [3.05, 3.63) is 17.0 Å². The van der Waals surface area contributed by atoms with E-state index in [2.05, 4.69) is 27.3 Å². The minimum absolute atomic E-state index is 0.485. The monoisotopic (exact) mass is 293 g/mol. The molecule has 1 aliphatic rings. The molecule has 3 rings (SSSR count). The van der Waals surface area contributed by atoms with E-state index >= 15 is 0 Å². The summed E-state index contributed by atoms with van der Waals surface area (Å²) >= 11 is 6.19. The maximum Gasteiger partial charge on any atom is 0.255 e. The Hall–Kier alpha value is -1.36. The van der Waals surface area contributed by atoms with E-state index in [1.807, 2.05) is 6.92 Å². The van der Waals surface area contributed by atoms with Gasteiger partial charge in [-0.2, -0.15) is 19.6 Å². The van der Waals surface area contributed by atoms with Crippen LogP contribution < -0.4 is 5.32 Å². The molecule has 0 bridgehead atoms. The maximum atomic E-state index is 6.19. The lowest BCUT2D eigenvalue weighted by Gasteiger charge is -2.30. The molecule has 0 saturated heterocycles. The second-order valence-electron chi connectivity index (χ2n) is 5.63. The average Bonchev–Trinajstić information content (AvgIpc) is 2.92. The number of halogens is 1. The van der Waals surface area contributed by atoms with Crippen LogP contribution in [0.5, 0.6) is 0 Å². The Balaban J connectivity index is 1.90. The molecule has 5 nitrogen and oxygen atoms in total. The van der Waals surface area contributed by atoms with E-state index in [0.717, 1.165) is 17.3 Å². The first-order valence-corrected chi connectivity index (χ1v) is 7.69. The molecule has 2 atom stereocenters. The zero-order valence-electron chi connectivity index (χ0n) is 11.9. The fourth-order valence-electron chi connectivity index (χ4n) is 3.05. The summed E-state index contributed by atoms with van der Waals surface area (Å²) in [6.45, 7) is 4.25. The third-order valence-corrected chi connectivity index (χ3v) is 4.67. The van der Waals surface area contributed by atoms with Crippen LogP contribution in [-0.4, -0.2) is 25.6 Å². The molecule has 2 aromatic heterocycles. The molecule has 0 aromatic carbocycles. The standard InChI is InChI=1S/C14H20ClN5/c1-3-10-5-4-6-11(7-10)18-13-9(2)12(15)19-14-16-8-17-20(13)14/h8,10-11,18H,3-7H2,1-2H3. The Kier molecular flexibility index (Phi) is 3.78. The van der Waals surface area contributed by atoms with E-state index in [1.165, 1.54) is 38.4 Å². The van der Waals surface area contributed by atoms with Crippen LogP contribution in [0.2, 0.25) is 5.15 Å². The highest BCUT2D eigenvalue weighted by atomic mass is 35.5. The lowest BCUT2D eigenvalue weighted by molar-refractivity contribution is 0.326. The number of anilines is 1. The first-order valence-electron chi connectivity index (χ1n) is 7.31. The molecule has 0 radical (unpaired) electrons. The first kappa shape index (κ1) is 13.6. The van der Waals surface area contributed by atoms with E-state index in [-0.39, 0.29) is 0 Å². The normalized spacial score (nSPS) is 23.1. The summed E-state index contributed by atoms with van der Waals surface area (Å²) in [5.41, 5.74) is 0.934. The van der Waals surface area contributed by atoms with Gasteiger partial charge in [-0.1, -0.05) is 37.8 Å². The Morgan fingerprint density at radius 1 is 1.45 bits per heavy atom. The quantitative estimate of drug-likeness (QED) is 0.881. The molecule has 0 amide bonds. The van der Waals surface area contributed by atoms with Gasteiger partial charge in [0.25, 0.3) is 5.78 Å². The number of rotatable bonds is 3. The van der Waals surface area contributed by atoms with Gasteiger partial charge in [0.05, 0.1) is 0 Å². The van der Waals surface area contributed by atoms with Crippen molar-refractivity contribution in [3.63, 3.8) is 0 Å². The summed E-state index contributed by atoms with van der Waals surface area (Å²) in [5.74, 6) is 2.30. The van der Waals surface area contributed by atoms with Crippen LogP contribution in [0.25, 0.3) is 5.78 Å². The molecule has 6 heteroatoms. The van der Waals surface area contributed by atoms with Crippen molar-refractivity contribution in [2.24, 2.45) is 5.92 Å². The molecule has 2 heterocycles. The number of hydrogen-bond acceptors (Lipinski definition) is 4. The van der Waals surface area contributed by atoms with Gasteiger partial charge < -0.3 is 5.32 Å². The van der Waals surface area contributed by atoms with Gasteiger partial charge in [-0.3, -0.25) is 0 Å². The van der Waals surface area contributed by atoms with Crippen molar-refractivity contribution in [1.82, 2.24) is 19.6 Å². The number of aromatic nitrogens is 4. The molecule has 0 aliphatic heterocycles. The van der Waals surface area contributed by atoms with E-state index in [9.17, 15) is 0 Å². The van der Waals surface area contributed by atoms with E-state index in [1.54, 1.807) is 4.52 Å². The van der Waals surface area contributed by atoms with E-state index in [0.29, 0.717) is 17.0 Å². The van der Waals surface area contributed by atoms with Gasteiger partial charge in [0.1, 0.15) is 17.3 Å². The van der Waals surface area contributed by atoms with Gasteiger partial charge in [0.2, 0.25) is 0 Å². The summed E-state index contributed by atoms with van der Waals surface area (Å²) < 4.78 is 1.75. The lowest BCUT2D eigenvalue weighted by atomic mass is 9.84. The van der Waals surface area contributed by atoms with E-state index in [4.69, 9.17) is 11.6 Å². The summed E-state index contributed by atoms with van der Waals surface area (Å²) in [5, 5.41) is 8.36. The van der Waals surface area contributed by atoms with Crippen LogP contribution in [-0.2, 0) is 0 Å². The molecule has 108 valence electrons. The van der Waals surface area contributed by atoms with Gasteiger partial charge in [0.15, 0.2) is 0 Å². The molecule has 2 unspecified atom stereocenters. The summed E-state index contributed by atoms with van der Waals surface area (Å²) in [4.78, 5) is 8.36. The fourth-order valence-corrected chi connectivity index (χ4v) is 3.22. The van der Waals surface area contributed by atoms with E-state index < -0.39 is 0 Å². The van der Waals surface area contributed by atoms with Crippen LogP contribution in [0.1, 0.15) is 44.6 Å². The summed E-state index contributed by atoms with van der Waals surface area (Å²) in [6, 6.07) is 0.485. The molecular formula is C14H20ClN5. The molecule has 1 fully saturated rings. The molecule has 2 aromatic rings. The zero-order valence-corrected chi connectivity index (χ0v) is 12.7. The van der Waals surface area contributed by atoms with Crippen LogP contribution in [0.15, 0.2) is 6.33 Å². The van der Waals surface area contributed by atoms with Crippen LogP contribution in [0.4, 0.5) is 5.82 Å². The molecular weight excluding hydrogens is 274 g/mol. The molecule has 1 saturated carbocycles. The average molecular weight is 294 g/mol. The molecule has 1 N–H and O–H groups in total. The summed E-state index contributed by atoms with van der Waals surface area (Å²) in [6.07, 6.45) is 7.82. The number of nitrogens with zero attached hydrogens (tertiary/aromatic N) is 4. The Morgan fingerprint density at radius 2 is 2.30 bits per heavy atom. The highest BCUT2D eigenvalue weighted by molar-refractivity contribution is 6.30. The molecule has 1 aliphatic carbocycles. The van der Waals surface area contributed by atoms with Gasteiger partial charge in [-0.05, 0) is 25.7 Å². The lowest BCUT2D eigenvalue weighted by Crippen LogP contribution is -2.28. The van der Waals surface area contributed by atoms with Gasteiger partial charge in [0, 0.05) is 11.6 Å². The van der Waals surface area contributed by atoms with Crippen LogP contribution >= 0.6 is 11.6 Å². The number of fused-ring (bicyclic) bond motifs is 1. The smallest absolute Gasteiger partial charge is 0.255 e. The SMILES string of the molecule is CCC1CCCC(Nc2c(C)c(Cl)nc3ncnn23)C1. The maximum absolute atomic E-state index is 6.19. The van der Waals surface area contributed by atoms with Crippen molar-refractivity contribution < 1.29 is 0 Å². The number of nitrogens with one attached hydrogen (secondary N) is 1. The van der Waals surface area contributed by atoms with Gasteiger partial charge >= 0.3 is 0 Å². The van der Waals surface area contributed by atoms with Crippen molar-refractivity contribution in [3.8, 4) is 0 Å². The van der Waals surface area contributed by atoms with Crippen molar-refractivity contribution in [2.45, 2.75) is 52.0 Å². The van der Waals surface area contributed by atoms with Crippen LogP contribution in [0, 0.1) is 12.8 Å². The Labute approximate surface area is 123 Å². The van der Waals surface area contributed by atoms with Crippen molar-refractivity contribution >= 4 is 23.2 Å². The largest absolute Gasteiger partial charge is 0.367 e. The van der Waals surface area contributed by atoms with Gasteiger partial charge in [-0.15, -0.1) is 0 Å².